The van der Waals surface area contributed by atoms with E-state index < -0.39 is 6.10 Å². The molecule has 0 amide bonds. The zero-order chi connectivity index (χ0) is 12.3. The molecule has 0 fully saturated rings. The second-order valence-electron chi connectivity index (χ2n) is 3.75. The van der Waals surface area contributed by atoms with Gasteiger partial charge in [0.25, 0.3) is 0 Å². The van der Waals surface area contributed by atoms with Crippen LogP contribution in [0.5, 0.6) is 0 Å². The topological polar surface area (TPSA) is 33.1 Å². The van der Waals surface area contributed by atoms with Crippen LogP contribution < -0.4 is 0 Å². The van der Waals surface area contributed by atoms with Gasteiger partial charge in [-0.3, -0.25) is 4.98 Å². The van der Waals surface area contributed by atoms with Crippen LogP contribution in [0.3, 0.4) is 0 Å². The molecule has 0 saturated heterocycles. The molecular formula is C13H11BrClNO. The number of aliphatic hydroxyl groups is 1. The fourth-order valence-corrected chi connectivity index (χ4v) is 2.20. The molecule has 1 atom stereocenters. The van der Waals surface area contributed by atoms with Gasteiger partial charge in [-0.1, -0.05) is 29.8 Å². The number of hydrogen-bond donors (Lipinski definition) is 1. The van der Waals surface area contributed by atoms with Crippen molar-refractivity contribution in [3.8, 4) is 0 Å². The van der Waals surface area contributed by atoms with E-state index in [0.29, 0.717) is 11.4 Å². The molecule has 0 aliphatic carbocycles. The highest BCUT2D eigenvalue weighted by molar-refractivity contribution is 9.10. The minimum absolute atomic E-state index is 0.484. The van der Waals surface area contributed by atoms with Crippen LogP contribution in [-0.2, 0) is 6.42 Å². The van der Waals surface area contributed by atoms with Gasteiger partial charge in [-0.2, -0.15) is 0 Å². The lowest BCUT2D eigenvalue weighted by Gasteiger charge is -2.12. The number of aliphatic hydroxyl groups excluding tert-OH is 1. The molecule has 2 aromatic rings. The van der Waals surface area contributed by atoms with Gasteiger partial charge in [-0.15, -0.1) is 0 Å². The van der Waals surface area contributed by atoms with E-state index >= 15 is 0 Å². The number of pyridine rings is 1. The zero-order valence-electron chi connectivity index (χ0n) is 8.98. The Morgan fingerprint density at radius 3 is 2.76 bits per heavy atom. The third-order valence-corrected chi connectivity index (χ3v) is 3.28. The fraction of sp³-hybridized carbons (Fsp3) is 0.154. The normalized spacial score (nSPS) is 12.4. The van der Waals surface area contributed by atoms with Crippen molar-refractivity contribution in [2.45, 2.75) is 12.5 Å². The van der Waals surface area contributed by atoms with E-state index in [9.17, 15) is 5.11 Å². The SMILES string of the molecule is OC(Cc1ccccc1Cl)c1cncc(Br)c1. The second-order valence-corrected chi connectivity index (χ2v) is 5.07. The third-order valence-electron chi connectivity index (χ3n) is 2.48. The van der Waals surface area contributed by atoms with Gasteiger partial charge in [0.2, 0.25) is 0 Å². The lowest BCUT2D eigenvalue weighted by molar-refractivity contribution is 0.178. The summed E-state index contributed by atoms with van der Waals surface area (Å²) >= 11 is 9.38. The van der Waals surface area contributed by atoms with Crippen LogP contribution in [0.4, 0.5) is 0 Å². The first kappa shape index (κ1) is 12.6. The summed E-state index contributed by atoms with van der Waals surface area (Å²) in [5.41, 5.74) is 1.71. The van der Waals surface area contributed by atoms with Crippen LogP contribution in [-0.4, -0.2) is 10.1 Å². The maximum Gasteiger partial charge on any atom is 0.0846 e. The molecule has 2 rings (SSSR count). The molecule has 0 bridgehead atoms. The summed E-state index contributed by atoms with van der Waals surface area (Å²) < 4.78 is 0.855. The molecule has 1 aromatic carbocycles. The number of hydrogen-bond acceptors (Lipinski definition) is 2. The summed E-state index contributed by atoms with van der Waals surface area (Å²) in [6.45, 7) is 0. The molecule has 1 heterocycles. The van der Waals surface area contributed by atoms with Gasteiger partial charge in [-0.25, -0.2) is 0 Å². The van der Waals surface area contributed by atoms with Gasteiger partial charge in [0, 0.05) is 33.9 Å². The Morgan fingerprint density at radius 1 is 1.29 bits per heavy atom. The van der Waals surface area contributed by atoms with Crippen LogP contribution in [0, 0.1) is 0 Å². The Hall–Kier alpha value is -0.900. The summed E-state index contributed by atoms with van der Waals surface area (Å²) in [5, 5.41) is 10.8. The van der Waals surface area contributed by atoms with E-state index in [0.717, 1.165) is 15.6 Å². The predicted molar refractivity (Wildman–Crippen MR) is 72.1 cm³/mol. The maximum atomic E-state index is 10.1. The first-order chi connectivity index (χ1) is 8.16. The minimum atomic E-state index is -0.597. The van der Waals surface area contributed by atoms with Gasteiger partial charge < -0.3 is 5.11 Å². The zero-order valence-corrected chi connectivity index (χ0v) is 11.3. The van der Waals surface area contributed by atoms with Crippen molar-refractivity contribution in [3.63, 3.8) is 0 Å². The number of benzene rings is 1. The molecule has 0 aliphatic rings. The van der Waals surface area contributed by atoms with E-state index in [-0.39, 0.29) is 0 Å². The van der Waals surface area contributed by atoms with Crippen molar-refractivity contribution < 1.29 is 5.11 Å². The molecule has 0 saturated carbocycles. The third kappa shape index (κ3) is 3.28. The van der Waals surface area contributed by atoms with Crippen LogP contribution in [0.1, 0.15) is 17.2 Å². The maximum absolute atomic E-state index is 10.1. The highest BCUT2D eigenvalue weighted by atomic mass is 79.9. The molecule has 17 heavy (non-hydrogen) atoms. The number of rotatable bonds is 3. The summed E-state index contributed by atoms with van der Waals surface area (Å²) in [6, 6.07) is 9.38. The highest BCUT2D eigenvalue weighted by Gasteiger charge is 2.11. The van der Waals surface area contributed by atoms with Crippen molar-refractivity contribution in [1.29, 1.82) is 0 Å². The predicted octanol–water partition coefficient (Wildman–Crippen LogP) is 3.77. The monoisotopic (exact) mass is 311 g/mol. The summed E-state index contributed by atoms with van der Waals surface area (Å²) in [6.07, 6.45) is 3.23. The van der Waals surface area contributed by atoms with Crippen molar-refractivity contribution in [2.75, 3.05) is 0 Å². The average Bonchev–Trinajstić information content (AvgIpc) is 2.32. The largest absolute Gasteiger partial charge is 0.388 e. The van der Waals surface area contributed by atoms with Crippen LogP contribution >= 0.6 is 27.5 Å². The van der Waals surface area contributed by atoms with Gasteiger partial charge in [0.15, 0.2) is 0 Å². The van der Waals surface area contributed by atoms with Crippen molar-refractivity contribution in [3.05, 3.63) is 63.3 Å². The van der Waals surface area contributed by atoms with Gasteiger partial charge in [-0.05, 0) is 33.6 Å². The molecular weight excluding hydrogens is 302 g/mol. The van der Waals surface area contributed by atoms with Gasteiger partial charge in [0.05, 0.1) is 6.10 Å². The number of aromatic nitrogens is 1. The van der Waals surface area contributed by atoms with E-state index in [4.69, 9.17) is 11.6 Å². The molecule has 0 aliphatic heterocycles. The molecule has 2 nitrogen and oxygen atoms in total. The average molecular weight is 313 g/mol. The quantitative estimate of drug-likeness (QED) is 0.936. The van der Waals surface area contributed by atoms with Crippen molar-refractivity contribution in [2.24, 2.45) is 0 Å². The molecule has 1 aromatic heterocycles. The molecule has 1 N–H and O–H groups in total. The van der Waals surface area contributed by atoms with Crippen LogP contribution in [0.15, 0.2) is 47.2 Å². The molecule has 0 spiro atoms. The fourth-order valence-electron chi connectivity index (χ4n) is 1.60. The smallest absolute Gasteiger partial charge is 0.0846 e. The summed E-state index contributed by atoms with van der Waals surface area (Å²) in [5.74, 6) is 0. The van der Waals surface area contributed by atoms with Crippen LogP contribution in [0.2, 0.25) is 5.02 Å². The van der Waals surface area contributed by atoms with E-state index in [1.54, 1.807) is 12.4 Å². The lowest BCUT2D eigenvalue weighted by Crippen LogP contribution is -2.02. The molecule has 1 unspecified atom stereocenters. The minimum Gasteiger partial charge on any atom is -0.388 e. The Balaban J connectivity index is 2.17. The lowest BCUT2D eigenvalue weighted by atomic mass is 10.0. The summed E-state index contributed by atoms with van der Waals surface area (Å²) in [7, 11) is 0. The number of nitrogens with zero attached hydrogens (tertiary/aromatic N) is 1. The molecule has 88 valence electrons. The molecule has 0 radical (unpaired) electrons. The van der Waals surface area contributed by atoms with Crippen LogP contribution in [0.25, 0.3) is 0 Å². The van der Waals surface area contributed by atoms with Gasteiger partial charge >= 0.3 is 0 Å². The summed E-state index contributed by atoms with van der Waals surface area (Å²) in [4.78, 5) is 4.03. The standard InChI is InChI=1S/C13H11BrClNO/c14-11-5-10(7-16-8-11)13(17)6-9-3-1-2-4-12(9)15/h1-5,7-8,13,17H,6H2. The van der Waals surface area contributed by atoms with Gasteiger partial charge in [0.1, 0.15) is 0 Å². The molecule has 4 heteroatoms. The van der Waals surface area contributed by atoms with E-state index in [2.05, 4.69) is 20.9 Å². The Kier molecular flexibility index (Phi) is 4.15. The van der Waals surface area contributed by atoms with Crippen molar-refractivity contribution >= 4 is 27.5 Å². The van der Waals surface area contributed by atoms with E-state index in [1.165, 1.54) is 0 Å². The Morgan fingerprint density at radius 2 is 2.06 bits per heavy atom. The second kappa shape index (κ2) is 5.63. The first-order valence-electron chi connectivity index (χ1n) is 5.19. The Bertz CT molecular complexity index is 518. The number of halogens is 2. The van der Waals surface area contributed by atoms with E-state index in [1.807, 2.05) is 30.3 Å². The highest BCUT2D eigenvalue weighted by Crippen LogP contribution is 2.24. The van der Waals surface area contributed by atoms with Crippen molar-refractivity contribution in [1.82, 2.24) is 4.98 Å². The first-order valence-corrected chi connectivity index (χ1v) is 6.36. The Labute approximate surface area is 113 Å².